The lowest BCUT2D eigenvalue weighted by molar-refractivity contribution is 0.282. The van der Waals surface area contributed by atoms with Gasteiger partial charge in [-0.3, -0.25) is 0 Å². The zero-order valence-corrected chi connectivity index (χ0v) is 8.74. The first-order valence-corrected chi connectivity index (χ1v) is 5.27. The lowest BCUT2D eigenvalue weighted by atomic mass is 10.0. The third kappa shape index (κ3) is 3.48. The van der Waals surface area contributed by atoms with E-state index in [1.54, 1.807) is 0 Å². The number of rotatable bonds is 6. The molecule has 2 heteroatoms. The molecule has 0 heterocycles. The van der Waals surface area contributed by atoms with Gasteiger partial charge in [-0.05, 0) is 12.0 Å². The Morgan fingerprint density at radius 1 is 1.29 bits per heavy atom. The van der Waals surface area contributed by atoms with Crippen molar-refractivity contribution in [2.24, 2.45) is 0 Å². The second-order valence-electron chi connectivity index (χ2n) is 3.43. The van der Waals surface area contributed by atoms with Crippen LogP contribution in [-0.4, -0.2) is 18.3 Å². The minimum Gasteiger partial charge on any atom is -0.395 e. The van der Waals surface area contributed by atoms with Crippen molar-refractivity contribution in [1.82, 2.24) is 5.32 Å². The molecule has 2 N–H and O–H groups in total. The summed E-state index contributed by atoms with van der Waals surface area (Å²) in [4.78, 5) is 0. The SMILES string of the molecule is CCCC(NCCO)c1ccccc1. The third-order valence-corrected chi connectivity index (χ3v) is 2.28. The van der Waals surface area contributed by atoms with Crippen molar-refractivity contribution in [2.75, 3.05) is 13.2 Å². The molecule has 78 valence electrons. The Morgan fingerprint density at radius 2 is 2.00 bits per heavy atom. The standard InChI is InChI=1S/C12H19NO/c1-2-6-12(13-9-10-14)11-7-4-3-5-8-11/h3-5,7-8,12-14H,2,6,9-10H2,1H3. The number of hydrogen-bond donors (Lipinski definition) is 2. The first-order chi connectivity index (χ1) is 6.88. The molecule has 0 aromatic heterocycles. The smallest absolute Gasteiger partial charge is 0.0556 e. The monoisotopic (exact) mass is 193 g/mol. The Bertz CT molecular complexity index is 235. The van der Waals surface area contributed by atoms with Crippen LogP contribution in [-0.2, 0) is 0 Å². The fraction of sp³-hybridized carbons (Fsp3) is 0.500. The van der Waals surface area contributed by atoms with Crippen LogP contribution in [0.25, 0.3) is 0 Å². The number of aliphatic hydroxyl groups is 1. The van der Waals surface area contributed by atoms with Gasteiger partial charge in [-0.1, -0.05) is 43.7 Å². The van der Waals surface area contributed by atoms with E-state index in [-0.39, 0.29) is 6.61 Å². The van der Waals surface area contributed by atoms with E-state index >= 15 is 0 Å². The van der Waals surface area contributed by atoms with E-state index in [0.29, 0.717) is 12.6 Å². The predicted molar refractivity (Wildman–Crippen MR) is 59.2 cm³/mol. The van der Waals surface area contributed by atoms with Crippen LogP contribution in [0, 0.1) is 0 Å². The van der Waals surface area contributed by atoms with Crippen LogP contribution in [0.4, 0.5) is 0 Å². The van der Waals surface area contributed by atoms with Crippen LogP contribution >= 0.6 is 0 Å². The Kier molecular flexibility index (Phi) is 5.27. The summed E-state index contributed by atoms with van der Waals surface area (Å²) in [5.74, 6) is 0. The maximum Gasteiger partial charge on any atom is 0.0556 e. The third-order valence-electron chi connectivity index (χ3n) is 2.28. The topological polar surface area (TPSA) is 32.3 Å². The molecule has 0 saturated heterocycles. The lowest BCUT2D eigenvalue weighted by Gasteiger charge is -2.17. The molecular formula is C12H19NO. The fourth-order valence-electron chi connectivity index (χ4n) is 1.60. The molecule has 1 unspecified atom stereocenters. The van der Waals surface area contributed by atoms with E-state index in [1.165, 1.54) is 5.56 Å². The zero-order valence-electron chi connectivity index (χ0n) is 8.74. The average Bonchev–Trinajstić information content (AvgIpc) is 2.25. The van der Waals surface area contributed by atoms with Gasteiger partial charge in [-0.15, -0.1) is 0 Å². The molecule has 1 rings (SSSR count). The molecule has 0 amide bonds. The minimum atomic E-state index is 0.201. The fourth-order valence-corrected chi connectivity index (χ4v) is 1.60. The summed E-state index contributed by atoms with van der Waals surface area (Å²) < 4.78 is 0. The molecule has 1 aromatic rings. The lowest BCUT2D eigenvalue weighted by Crippen LogP contribution is -2.24. The highest BCUT2D eigenvalue weighted by atomic mass is 16.3. The maximum absolute atomic E-state index is 8.77. The first kappa shape index (κ1) is 11.2. The molecule has 1 atom stereocenters. The van der Waals surface area contributed by atoms with Gasteiger partial charge in [0.1, 0.15) is 0 Å². The Hall–Kier alpha value is -0.860. The highest BCUT2D eigenvalue weighted by molar-refractivity contribution is 5.18. The summed E-state index contributed by atoms with van der Waals surface area (Å²) in [6.07, 6.45) is 2.27. The van der Waals surface area contributed by atoms with Crippen LogP contribution < -0.4 is 5.32 Å². The number of benzene rings is 1. The van der Waals surface area contributed by atoms with Crippen molar-refractivity contribution < 1.29 is 5.11 Å². The summed E-state index contributed by atoms with van der Waals surface area (Å²) in [5.41, 5.74) is 1.31. The number of nitrogens with one attached hydrogen (secondary N) is 1. The Morgan fingerprint density at radius 3 is 2.57 bits per heavy atom. The molecular weight excluding hydrogens is 174 g/mol. The van der Waals surface area contributed by atoms with Gasteiger partial charge in [-0.2, -0.15) is 0 Å². The van der Waals surface area contributed by atoms with Gasteiger partial charge in [-0.25, -0.2) is 0 Å². The van der Waals surface area contributed by atoms with Crippen molar-refractivity contribution >= 4 is 0 Å². The molecule has 0 aliphatic rings. The molecule has 0 saturated carbocycles. The summed E-state index contributed by atoms with van der Waals surface area (Å²) in [5, 5.41) is 12.1. The quantitative estimate of drug-likeness (QED) is 0.725. The molecule has 0 aliphatic carbocycles. The summed E-state index contributed by atoms with van der Waals surface area (Å²) in [7, 11) is 0. The van der Waals surface area contributed by atoms with Gasteiger partial charge in [0.15, 0.2) is 0 Å². The van der Waals surface area contributed by atoms with Crippen molar-refractivity contribution in [3.8, 4) is 0 Å². The molecule has 0 fully saturated rings. The summed E-state index contributed by atoms with van der Waals surface area (Å²) >= 11 is 0. The second kappa shape index (κ2) is 6.57. The van der Waals surface area contributed by atoms with Crippen molar-refractivity contribution in [1.29, 1.82) is 0 Å². The Labute approximate surface area is 86.0 Å². The van der Waals surface area contributed by atoms with E-state index in [1.807, 2.05) is 6.07 Å². The van der Waals surface area contributed by atoms with Crippen LogP contribution in [0.5, 0.6) is 0 Å². The molecule has 0 spiro atoms. The van der Waals surface area contributed by atoms with Crippen molar-refractivity contribution in [3.05, 3.63) is 35.9 Å². The van der Waals surface area contributed by atoms with Gasteiger partial charge in [0.2, 0.25) is 0 Å². The minimum absolute atomic E-state index is 0.201. The van der Waals surface area contributed by atoms with E-state index in [9.17, 15) is 0 Å². The maximum atomic E-state index is 8.77. The number of hydrogen-bond acceptors (Lipinski definition) is 2. The van der Waals surface area contributed by atoms with E-state index in [0.717, 1.165) is 12.8 Å². The van der Waals surface area contributed by atoms with Gasteiger partial charge < -0.3 is 10.4 Å². The highest BCUT2D eigenvalue weighted by Gasteiger charge is 2.07. The average molecular weight is 193 g/mol. The molecule has 0 bridgehead atoms. The normalized spacial score (nSPS) is 12.7. The zero-order chi connectivity index (χ0) is 10.2. The number of aliphatic hydroxyl groups excluding tert-OH is 1. The van der Waals surface area contributed by atoms with Gasteiger partial charge in [0.05, 0.1) is 6.61 Å². The van der Waals surface area contributed by atoms with Crippen molar-refractivity contribution in [3.63, 3.8) is 0 Å². The molecule has 0 radical (unpaired) electrons. The Balaban J connectivity index is 2.58. The van der Waals surface area contributed by atoms with E-state index in [4.69, 9.17) is 5.11 Å². The molecule has 14 heavy (non-hydrogen) atoms. The molecule has 0 aliphatic heterocycles. The largest absolute Gasteiger partial charge is 0.395 e. The van der Waals surface area contributed by atoms with Crippen LogP contribution in [0.2, 0.25) is 0 Å². The van der Waals surface area contributed by atoms with Crippen LogP contribution in [0.1, 0.15) is 31.4 Å². The highest BCUT2D eigenvalue weighted by Crippen LogP contribution is 2.17. The van der Waals surface area contributed by atoms with Crippen LogP contribution in [0.15, 0.2) is 30.3 Å². The second-order valence-corrected chi connectivity index (χ2v) is 3.43. The predicted octanol–water partition coefficient (Wildman–Crippen LogP) is 2.11. The van der Waals surface area contributed by atoms with E-state index in [2.05, 4.69) is 36.5 Å². The van der Waals surface area contributed by atoms with Crippen LogP contribution in [0.3, 0.4) is 0 Å². The van der Waals surface area contributed by atoms with Gasteiger partial charge in [0, 0.05) is 12.6 Å². The summed E-state index contributed by atoms with van der Waals surface area (Å²) in [6, 6.07) is 10.8. The van der Waals surface area contributed by atoms with E-state index < -0.39 is 0 Å². The van der Waals surface area contributed by atoms with Gasteiger partial charge >= 0.3 is 0 Å². The summed E-state index contributed by atoms with van der Waals surface area (Å²) in [6.45, 7) is 3.04. The van der Waals surface area contributed by atoms with Gasteiger partial charge in [0.25, 0.3) is 0 Å². The molecule has 2 nitrogen and oxygen atoms in total. The first-order valence-electron chi connectivity index (χ1n) is 5.27. The molecule has 1 aromatic carbocycles. The van der Waals surface area contributed by atoms with Crippen molar-refractivity contribution in [2.45, 2.75) is 25.8 Å².